The van der Waals surface area contributed by atoms with E-state index in [0.29, 0.717) is 17.2 Å². The first-order chi connectivity index (χ1) is 8.34. The third-order valence-electron chi connectivity index (χ3n) is 2.02. The summed E-state index contributed by atoms with van der Waals surface area (Å²) in [5.41, 5.74) is 8.40. The molecule has 2 N–H and O–H groups in total. The lowest BCUT2D eigenvalue weighted by atomic mass is 10.4. The number of anilines is 1. The van der Waals surface area contributed by atoms with Gasteiger partial charge in [0, 0.05) is 17.8 Å². The molecular formula is C9H6N6OS. The van der Waals surface area contributed by atoms with Gasteiger partial charge in [0.25, 0.3) is 5.89 Å². The normalized spacial score (nSPS) is 10.6. The quantitative estimate of drug-likeness (QED) is 0.725. The molecular weight excluding hydrogens is 240 g/mol. The Bertz CT molecular complexity index is 634. The van der Waals surface area contributed by atoms with Gasteiger partial charge in [0.15, 0.2) is 11.5 Å². The van der Waals surface area contributed by atoms with Gasteiger partial charge in [-0.25, -0.2) is 15.0 Å². The molecule has 0 aliphatic rings. The molecule has 3 aromatic rings. The van der Waals surface area contributed by atoms with Crippen LogP contribution in [-0.4, -0.2) is 25.1 Å². The summed E-state index contributed by atoms with van der Waals surface area (Å²) in [6, 6.07) is 0. The van der Waals surface area contributed by atoms with Gasteiger partial charge in [-0.05, 0) is 0 Å². The molecule has 0 amide bonds. The monoisotopic (exact) mass is 246 g/mol. The summed E-state index contributed by atoms with van der Waals surface area (Å²) in [4.78, 5) is 16.2. The van der Waals surface area contributed by atoms with Crippen LogP contribution < -0.4 is 5.73 Å². The van der Waals surface area contributed by atoms with Crippen LogP contribution in [0.2, 0.25) is 0 Å². The molecule has 0 spiro atoms. The number of thiazole rings is 1. The third kappa shape index (κ3) is 1.74. The SMILES string of the molecule is Nc1nccnc1-c1nc(-c2cscn2)no1. The van der Waals surface area contributed by atoms with Crippen molar-refractivity contribution in [2.45, 2.75) is 0 Å². The molecule has 0 aliphatic carbocycles. The first-order valence-corrected chi connectivity index (χ1v) is 5.58. The van der Waals surface area contributed by atoms with Gasteiger partial charge in [0.05, 0.1) is 5.51 Å². The summed E-state index contributed by atoms with van der Waals surface area (Å²) in [5, 5.41) is 5.64. The Balaban J connectivity index is 2.04. The van der Waals surface area contributed by atoms with E-state index in [-0.39, 0.29) is 11.7 Å². The zero-order valence-corrected chi connectivity index (χ0v) is 9.26. The fourth-order valence-corrected chi connectivity index (χ4v) is 1.79. The van der Waals surface area contributed by atoms with E-state index in [1.165, 1.54) is 23.7 Å². The van der Waals surface area contributed by atoms with Crippen LogP contribution in [0.15, 0.2) is 27.8 Å². The van der Waals surface area contributed by atoms with Gasteiger partial charge in [-0.1, -0.05) is 5.16 Å². The molecule has 3 heterocycles. The minimum Gasteiger partial charge on any atom is -0.382 e. The van der Waals surface area contributed by atoms with Crippen LogP contribution in [0.4, 0.5) is 5.82 Å². The molecule has 8 heteroatoms. The first-order valence-electron chi connectivity index (χ1n) is 4.64. The number of hydrogen-bond donors (Lipinski definition) is 1. The second-order valence-corrected chi connectivity index (χ2v) is 3.81. The molecule has 0 unspecified atom stereocenters. The number of nitrogen functional groups attached to an aromatic ring is 1. The van der Waals surface area contributed by atoms with E-state index in [4.69, 9.17) is 10.3 Å². The Kier molecular flexibility index (Phi) is 2.26. The van der Waals surface area contributed by atoms with Gasteiger partial charge < -0.3 is 10.3 Å². The van der Waals surface area contributed by atoms with Crippen molar-refractivity contribution in [2.24, 2.45) is 0 Å². The van der Waals surface area contributed by atoms with E-state index in [2.05, 4.69) is 25.1 Å². The maximum atomic E-state index is 5.67. The topological polar surface area (TPSA) is 104 Å². The van der Waals surface area contributed by atoms with E-state index in [1.807, 2.05) is 5.38 Å². The molecule has 0 aromatic carbocycles. The number of hydrogen-bond acceptors (Lipinski definition) is 8. The molecule has 0 radical (unpaired) electrons. The average Bonchev–Trinajstić information content (AvgIpc) is 3.00. The molecule has 0 fully saturated rings. The number of rotatable bonds is 2. The predicted octanol–water partition coefficient (Wildman–Crippen LogP) is 1.23. The van der Waals surface area contributed by atoms with Crippen molar-refractivity contribution in [3.63, 3.8) is 0 Å². The highest BCUT2D eigenvalue weighted by molar-refractivity contribution is 7.07. The largest absolute Gasteiger partial charge is 0.382 e. The lowest BCUT2D eigenvalue weighted by Gasteiger charge is -1.95. The zero-order valence-electron chi connectivity index (χ0n) is 8.44. The van der Waals surface area contributed by atoms with Crippen molar-refractivity contribution in [3.8, 4) is 23.1 Å². The first kappa shape index (κ1) is 9.85. The fourth-order valence-electron chi connectivity index (χ4n) is 1.26. The molecule has 3 rings (SSSR count). The van der Waals surface area contributed by atoms with Gasteiger partial charge >= 0.3 is 0 Å². The maximum absolute atomic E-state index is 5.67. The second-order valence-electron chi connectivity index (χ2n) is 3.09. The summed E-state index contributed by atoms with van der Waals surface area (Å²) in [6.45, 7) is 0. The Morgan fingerprint density at radius 3 is 2.82 bits per heavy atom. The summed E-state index contributed by atoms with van der Waals surface area (Å²) in [6.07, 6.45) is 3.01. The van der Waals surface area contributed by atoms with Crippen molar-refractivity contribution in [1.29, 1.82) is 0 Å². The summed E-state index contributed by atoms with van der Waals surface area (Å²) in [5.74, 6) is 0.894. The van der Waals surface area contributed by atoms with Gasteiger partial charge in [0.2, 0.25) is 5.82 Å². The van der Waals surface area contributed by atoms with Crippen LogP contribution in [0.25, 0.3) is 23.1 Å². The van der Waals surface area contributed by atoms with Gasteiger partial charge in [-0.3, -0.25) is 0 Å². The van der Waals surface area contributed by atoms with Gasteiger partial charge in [-0.15, -0.1) is 11.3 Å². The molecule has 7 nitrogen and oxygen atoms in total. The molecule has 0 saturated heterocycles. The van der Waals surface area contributed by atoms with E-state index in [9.17, 15) is 0 Å². The Hall–Kier alpha value is -2.35. The summed E-state index contributed by atoms with van der Waals surface area (Å²) in [7, 11) is 0. The molecule has 0 aliphatic heterocycles. The van der Waals surface area contributed by atoms with E-state index < -0.39 is 0 Å². The smallest absolute Gasteiger partial charge is 0.280 e. The zero-order chi connectivity index (χ0) is 11.7. The van der Waals surface area contributed by atoms with Crippen LogP contribution >= 0.6 is 11.3 Å². The molecule has 0 atom stereocenters. The highest BCUT2D eigenvalue weighted by atomic mass is 32.1. The minimum absolute atomic E-state index is 0.235. The van der Waals surface area contributed by atoms with Crippen molar-refractivity contribution in [3.05, 3.63) is 23.3 Å². The summed E-state index contributed by atoms with van der Waals surface area (Å²) >= 11 is 1.46. The molecule has 84 valence electrons. The standard InChI is InChI=1S/C9H6N6OS/c10-7-6(11-1-2-12-7)9-14-8(15-16-9)5-3-17-4-13-5/h1-4H,(H2,10,12). The molecule has 0 saturated carbocycles. The van der Waals surface area contributed by atoms with E-state index in [1.54, 1.807) is 5.51 Å². The van der Waals surface area contributed by atoms with E-state index >= 15 is 0 Å². The van der Waals surface area contributed by atoms with Crippen molar-refractivity contribution < 1.29 is 4.52 Å². The number of aromatic nitrogens is 5. The van der Waals surface area contributed by atoms with Crippen LogP contribution in [-0.2, 0) is 0 Å². The molecule has 17 heavy (non-hydrogen) atoms. The van der Waals surface area contributed by atoms with Gasteiger partial charge in [-0.2, -0.15) is 4.98 Å². The molecule has 3 aromatic heterocycles. The Morgan fingerprint density at radius 2 is 2.06 bits per heavy atom. The van der Waals surface area contributed by atoms with Crippen LogP contribution in [0.3, 0.4) is 0 Å². The van der Waals surface area contributed by atoms with Crippen molar-refractivity contribution in [1.82, 2.24) is 25.1 Å². The fraction of sp³-hybridized carbons (Fsp3) is 0. The lowest BCUT2D eigenvalue weighted by molar-refractivity contribution is 0.431. The highest BCUT2D eigenvalue weighted by Gasteiger charge is 2.15. The number of nitrogens with two attached hydrogens (primary N) is 1. The minimum atomic E-state index is 0.235. The maximum Gasteiger partial charge on any atom is 0.280 e. The van der Waals surface area contributed by atoms with E-state index in [0.717, 1.165) is 0 Å². The Morgan fingerprint density at radius 1 is 1.18 bits per heavy atom. The average molecular weight is 246 g/mol. The van der Waals surface area contributed by atoms with Crippen LogP contribution in [0.1, 0.15) is 0 Å². The van der Waals surface area contributed by atoms with Gasteiger partial charge in [0.1, 0.15) is 5.69 Å². The third-order valence-corrected chi connectivity index (χ3v) is 2.60. The predicted molar refractivity (Wildman–Crippen MR) is 60.8 cm³/mol. The van der Waals surface area contributed by atoms with Crippen molar-refractivity contribution >= 4 is 17.2 Å². The van der Waals surface area contributed by atoms with Crippen molar-refractivity contribution in [2.75, 3.05) is 5.73 Å². The lowest BCUT2D eigenvalue weighted by Crippen LogP contribution is -1.96. The summed E-state index contributed by atoms with van der Waals surface area (Å²) < 4.78 is 5.08. The van der Waals surface area contributed by atoms with Crippen LogP contribution in [0, 0.1) is 0 Å². The van der Waals surface area contributed by atoms with Crippen LogP contribution in [0.5, 0.6) is 0 Å². The highest BCUT2D eigenvalue weighted by Crippen LogP contribution is 2.22. The second kappa shape index (κ2) is 3.91. The Labute approximate surface area is 99.4 Å². The number of nitrogens with zero attached hydrogens (tertiary/aromatic N) is 5. The molecule has 0 bridgehead atoms.